The van der Waals surface area contributed by atoms with Crippen LogP contribution in [-0.4, -0.2) is 47.4 Å². The predicted molar refractivity (Wildman–Crippen MR) is 84.7 cm³/mol. The lowest BCUT2D eigenvalue weighted by atomic mass is 10.1. The minimum Gasteiger partial charge on any atom is -0.338 e. The summed E-state index contributed by atoms with van der Waals surface area (Å²) in [7, 11) is 1.84. The van der Waals surface area contributed by atoms with Crippen LogP contribution >= 0.6 is 11.8 Å². The van der Waals surface area contributed by atoms with Gasteiger partial charge in [0.05, 0.1) is 17.7 Å². The second-order valence-corrected chi connectivity index (χ2v) is 5.27. The SMILES string of the molecule is CCC(CSC)N(C)C(=O)c1ccncc1C#CCN. The third-order valence-electron chi connectivity index (χ3n) is 3.07. The number of hydrogen-bond acceptors (Lipinski definition) is 4. The summed E-state index contributed by atoms with van der Waals surface area (Å²) in [5, 5.41) is 0. The van der Waals surface area contributed by atoms with Crippen LogP contribution in [0.5, 0.6) is 0 Å². The van der Waals surface area contributed by atoms with E-state index in [1.807, 2.05) is 13.3 Å². The molecule has 0 fully saturated rings. The molecule has 0 radical (unpaired) electrons. The summed E-state index contributed by atoms with van der Waals surface area (Å²) in [5.74, 6) is 6.58. The zero-order valence-corrected chi connectivity index (χ0v) is 13.0. The van der Waals surface area contributed by atoms with Crippen molar-refractivity contribution >= 4 is 17.7 Å². The largest absolute Gasteiger partial charge is 0.338 e. The minimum atomic E-state index is -0.0189. The predicted octanol–water partition coefficient (Wildman–Crippen LogP) is 1.61. The Balaban J connectivity index is 3.02. The molecule has 0 saturated heterocycles. The summed E-state index contributed by atoms with van der Waals surface area (Å²) in [6.45, 7) is 2.36. The average molecular weight is 291 g/mol. The molecule has 1 rings (SSSR count). The smallest absolute Gasteiger partial charge is 0.255 e. The van der Waals surface area contributed by atoms with E-state index in [2.05, 4.69) is 23.7 Å². The van der Waals surface area contributed by atoms with Crippen molar-refractivity contribution in [3.63, 3.8) is 0 Å². The fraction of sp³-hybridized carbons (Fsp3) is 0.467. The van der Waals surface area contributed by atoms with Gasteiger partial charge in [-0.1, -0.05) is 18.8 Å². The van der Waals surface area contributed by atoms with Crippen LogP contribution in [0.15, 0.2) is 18.5 Å². The molecule has 0 saturated carbocycles. The van der Waals surface area contributed by atoms with Crippen molar-refractivity contribution in [3.8, 4) is 11.8 Å². The van der Waals surface area contributed by atoms with Crippen LogP contribution in [0.25, 0.3) is 0 Å². The highest BCUT2D eigenvalue weighted by Gasteiger charge is 2.21. The topological polar surface area (TPSA) is 59.2 Å². The first kappa shape index (κ1) is 16.5. The molecule has 1 aromatic heterocycles. The average Bonchev–Trinajstić information content (AvgIpc) is 2.49. The van der Waals surface area contributed by atoms with Crippen LogP contribution in [0.3, 0.4) is 0 Å². The molecule has 20 heavy (non-hydrogen) atoms. The molecule has 0 spiro atoms. The van der Waals surface area contributed by atoms with Crippen LogP contribution in [0.1, 0.15) is 29.3 Å². The monoisotopic (exact) mass is 291 g/mol. The van der Waals surface area contributed by atoms with Gasteiger partial charge in [0.25, 0.3) is 5.91 Å². The molecule has 0 aromatic carbocycles. The number of nitrogens with zero attached hydrogens (tertiary/aromatic N) is 2. The molecule has 4 nitrogen and oxygen atoms in total. The van der Waals surface area contributed by atoms with E-state index in [4.69, 9.17) is 5.73 Å². The quantitative estimate of drug-likeness (QED) is 0.837. The second kappa shape index (κ2) is 8.62. The Morgan fingerprint density at radius 2 is 2.35 bits per heavy atom. The fourth-order valence-corrected chi connectivity index (χ4v) is 2.72. The number of carbonyl (C=O) groups excluding carboxylic acids is 1. The van der Waals surface area contributed by atoms with Crippen LogP contribution < -0.4 is 5.73 Å². The van der Waals surface area contributed by atoms with Crippen molar-refractivity contribution < 1.29 is 4.79 Å². The molecule has 2 N–H and O–H groups in total. The van der Waals surface area contributed by atoms with Gasteiger partial charge >= 0.3 is 0 Å². The molecule has 1 amide bonds. The highest BCUT2D eigenvalue weighted by atomic mass is 32.2. The summed E-state index contributed by atoms with van der Waals surface area (Å²) in [6.07, 6.45) is 6.20. The summed E-state index contributed by atoms with van der Waals surface area (Å²) >= 11 is 1.74. The number of pyridine rings is 1. The molecule has 108 valence electrons. The van der Waals surface area contributed by atoms with Crippen molar-refractivity contribution in [1.29, 1.82) is 0 Å². The van der Waals surface area contributed by atoms with Gasteiger partial charge in [-0.2, -0.15) is 11.8 Å². The molecule has 1 unspecified atom stereocenters. The van der Waals surface area contributed by atoms with Gasteiger partial charge in [0.1, 0.15) is 0 Å². The first-order valence-electron chi connectivity index (χ1n) is 6.54. The van der Waals surface area contributed by atoms with Gasteiger partial charge in [-0.25, -0.2) is 0 Å². The molecule has 0 aliphatic carbocycles. The Kier molecular flexibility index (Phi) is 7.13. The van der Waals surface area contributed by atoms with E-state index in [0.717, 1.165) is 12.2 Å². The van der Waals surface area contributed by atoms with Gasteiger partial charge in [-0.05, 0) is 18.7 Å². The Morgan fingerprint density at radius 3 is 2.95 bits per heavy atom. The highest BCUT2D eigenvalue weighted by molar-refractivity contribution is 7.98. The zero-order chi connectivity index (χ0) is 15.0. The first-order valence-corrected chi connectivity index (χ1v) is 7.94. The Morgan fingerprint density at radius 1 is 1.60 bits per heavy atom. The maximum Gasteiger partial charge on any atom is 0.255 e. The maximum atomic E-state index is 12.6. The van der Waals surface area contributed by atoms with Gasteiger partial charge in [-0.3, -0.25) is 9.78 Å². The second-order valence-electron chi connectivity index (χ2n) is 4.36. The van der Waals surface area contributed by atoms with Gasteiger partial charge in [0.15, 0.2) is 0 Å². The van der Waals surface area contributed by atoms with Gasteiger partial charge in [0.2, 0.25) is 0 Å². The molecule has 0 bridgehead atoms. The lowest BCUT2D eigenvalue weighted by Crippen LogP contribution is -2.38. The van der Waals surface area contributed by atoms with E-state index in [9.17, 15) is 4.79 Å². The molecular formula is C15H21N3OS. The lowest BCUT2D eigenvalue weighted by Gasteiger charge is -2.27. The summed E-state index contributed by atoms with van der Waals surface area (Å²) < 4.78 is 0. The van der Waals surface area contributed by atoms with Crippen LogP contribution in [0.2, 0.25) is 0 Å². The van der Waals surface area contributed by atoms with Crippen LogP contribution in [0.4, 0.5) is 0 Å². The standard InChI is InChI=1S/C15H21N3OS/c1-4-13(11-20-3)18(2)15(19)14-7-9-17-10-12(14)6-5-8-16/h7,9-10,13H,4,8,11,16H2,1-3H3. The number of thioether (sulfide) groups is 1. The Labute approximate surface area is 125 Å². The number of amides is 1. The van der Waals surface area contributed by atoms with Crippen LogP contribution in [0, 0.1) is 11.8 Å². The number of aromatic nitrogens is 1. The van der Waals surface area contributed by atoms with E-state index in [-0.39, 0.29) is 18.5 Å². The Bertz CT molecular complexity index is 507. The zero-order valence-electron chi connectivity index (χ0n) is 12.2. The van der Waals surface area contributed by atoms with Crippen molar-refractivity contribution in [1.82, 2.24) is 9.88 Å². The van der Waals surface area contributed by atoms with E-state index in [0.29, 0.717) is 11.1 Å². The normalized spacial score (nSPS) is 11.4. The van der Waals surface area contributed by atoms with Gasteiger partial charge in [-0.15, -0.1) is 0 Å². The van der Waals surface area contributed by atoms with E-state index >= 15 is 0 Å². The first-order chi connectivity index (χ1) is 9.65. The Hall–Kier alpha value is -1.51. The number of nitrogens with two attached hydrogens (primary N) is 1. The molecule has 0 aliphatic rings. The molecular weight excluding hydrogens is 270 g/mol. The molecule has 1 heterocycles. The van der Waals surface area contributed by atoms with Crippen molar-refractivity contribution in [3.05, 3.63) is 29.6 Å². The van der Waals surface area contributed by atoms with Crippen molar-refractivity contribution in [2.24, 2.45) is 5.73 Å². The van der Waals surface area contributed by atoms with Crippen molar-refractivity contribution in [2.75, 3.05) is 25.6 Å². The summed E-state index contributed by atoms with van der Waals surface area (Å²) in [6, 6.07) is 1.94. The number of rotatable bonds is 5. The maximum absolute atomic E-state index is 12.6. The molecule has 1 aromatic rings. The number of carbonyl (C=O) groups is 1. The number of hydrogen-bond donors (Lipinski definition) is 1. The van der Waals surface area contributed by atoms with Crippen molar-refractivity contribution in [2.45, 2.75) is 19.4 Å². The molecule has 5 heteroatoms. The van der Waals surface area contributed by atoms with E-state index in [1.165, 1.54) is 0 Å². The third kappa shape index (κ3) is 4.26. The van der Waals surface area contributed by atoms with Crippen LogP contribution in [-0.2, 0) is 0 Å². The fourth-order valence-electron chi connectivity index (χ4n) is 1.88. The van der Waals surface area contributed by atoms with E-state index in [1.54, 1.807) is 35.1 Å². The minimum absolute atomic E-state index is 0.0189. The lowest BCUT2D eigenvalue weighted by molar-refractivity contribution is 0.0743. The third-order valence-corrected chi connectivity index (χ3v) is 3.79. The molecule has 0 aliphatic heterocycles. The summed E-state index contributed by atoms with van der Waals surface area (Å²) in [4.78, 5) is 18.4. The van der Waals surface area contributed by atoms with Gasteiger partial charge < -0.3 is 10.6 Å². The highest BCUT2D eigenvalue weighted by Crippen LogP contribution is 2.14. The van der Waals surface area contributed by atoms with Gasteiger partial charge in [0, 0.05) is 31.2 Å². The summed E-state index contributed by atoms with van der Waals surface area (Å²) in [5.41, 5.74) is 6.60. The van der Waals surface area contributed by atoms with E-state index < -0.39 is 0 Å². The molecule has 1 atom stereocenters.